The summed E-state index contributed by atoms with van der Waals surface area (Å²) in [6.07, 6.45) is 0. The third-order valence-corrected chi connectivity index (χ3v) is 4.10. The molecule has 1 saturated heterocycles. The van der Waals surface area contributed by atoms with Crippen molar-refractivity contribution in [2.45, 2.75) is 0 Å². The molecule has 1 fully saturated rings. The molecule has 0 atom stereocenters. The molecule has 0 saturated carbocycles. The molecule has 0 unspecified atom stereocenters. The second-order valence-electron chi connectivity index (χ2n) is 5.66. The predicted octanol–water partition coefficient (Wildman–Crippen LogP) is 3.19. The van der Waals surface area contributed by atoms with Gasteiger partial charge < -0.3 is 15.1 Å². The molecule has 2 aromatic rings. The minimum atomic E-state index is -0.805. The molecule has 2 aromatic carbocycles. The number of hydrogen-bond donors (Lipinski definition) is 1. The zero-order valence-electron chi connectivity index (χ0n) is 13.4. The van der Waals surface area contributed by atoms with Gasteiger partial charge in [-0.05, 0) is 30.3 Å². The van der Waals surface area contributed by atoms with Gasteiger partial charge in [0.25, 0.3) is 0 Å². The highest BCUT2D eigenvalue weighted by Crippen LogP contribution is 2.20. The Bertz CT molecular complexity index is 806. The molecule has 128 valence electrons. The molecule has 0 aliphatic carbocycles. The number of halogens is 2. The lowest BCUT2D eigenvalue weighted by Gasteiger charge is -2.36. The first-order valence-corrected chi connectivity index (χ1v) is 7.83. The van der Waals surface area contributed by atoms with Crippen molar-refractivity contribution in [3.05, 3.63) is 59.7 Å². The van der Waals surface area contributed by atoms with E-state index in [0.717, 1.165) is 17.8 Å². The summed E-state index contributed by atoms with van der Waals surface area (Å²) in [7, 11) is 0. The smallest absolute Gasteiger partial charge is 0.322 e. The number of piperazine rings is 1. The molecule has 1 heterocycles. The van der Waals surface area contributed by atoms with Crippen molar-refractivity contribution in [3.63, 3.8) is 0 Å². The monoisotopic (exact) mass is 342 g/mol. The number of nitriles is 1. The van der Waals surface area contributed by atoms with Gasteiger partial charge in [-0.25, -0.2) is 13.6 Å². The van der Waals surface area contributed by atoms with E-state index in [-0.39, 0.29) is 0 Å². The third-order valence-electron chi connectivity index (χ3n) is 4.10. The van der Waals surface area contributed by atoms with Crippen molar-refractivity contribution >= 4 is 17.4 Å². The van der Waals surface area contributed by atoms with Crippen LogP contribution in [-0.4, -0.2) is 37.1 Å². The lowest BCUT2D eigenvalue weighted by Crippen LogP contribution is -2.50. The molecule has 1 N–H and O–H groups in total. The highest BCUT2D eigenvalue weighted by Gasteiger charge is 2.23. The van der Waals surface area contributed by atoms with E-state index in [9.17, 15) is 13.6 Å². The summed E-state index contributed by atoms with van der Waals surface area (Å²) in [6.45, 7) is 1.97. The van der Waals surface area contributed by atoms with E-state index in [1.807, 2.05) is 12.1 Å². The summed E-state index contributed by atoms with van der Waals surface area (Å²) in [6, 6.07) is 12.3. The Morgan fingerprint density at radius 2 is 1.68 bits per heavy atom. The zero-order valence-corrected chi connectivity index (χ0v) is 13.4. The van der Waals surface area contributed by atoms with Crippen LogP contribution in [0.3, 0.4) is 0 Å². The number of rotatable bonds is 2. The maximum atomic E-state index is 13.6. The number of amides is 2. The topological polar surface area (TPSA) is 59.4 Å². The number of urea groups is 1. The average molecular weight is 342 g/mol. The summed E-state index contributed by atoms with van der Waals surface area (Å²) in [5.74, 6) is -1.61. The Labute approximate surface area is 144 Å². The minimum Gasteiger partial charge on any atom is -0.368 e. The van der Waals surface area contributed by atoms with Gasteiger partial charge in [0, 0.05) is 31.9 Å². The number of nitrogens with one attached hydrogen (secondary N) is 1. The van der Waals surface area contributed by atoms with Crippen molar-refractivity contribution in [2.75, 3.05) is 36.4 Å². The van der Waals surface area contributed by atoms with Crippen molar-refractivity contribution in [3.8, 4) is 6.07 Å². The average Bonchev–Trinajstić information content (AvgIpc) is 2.65. The maximum Gasteiger partial charge on any atom is 0.322 e. The second-order valence-corrected chi connectivity index (χ2v) is 5.66. The van der Waals surface area contributed by atoms with Crippen molar-refractivity contribution in [2.24, 2.45) is 0 Å². The van der Waals surface area contributed by atoms with Crippen LogP contribution in [0.4, 0.5) is 25.0 Å². The zero-order chi connectivity index (χ0) is 17.8. The lowest BCUT2D eigenvalue weighted by molar-refractivity contribution is 0.208. The van der Waals surface area contributed by atoms with Gasteiger partial charge in [0.05, 0.1) is 11.6 Å². The van der Waals surface area contributed by atoms with Crippen molar-refractivity contribution in [1.29, 1.82) is 5.26 Å². The van der Waals surface area contributed by atoms with Gasteiger partial charge in [0.1, 0.15) is 17.3 Å². The van der Waals surface area contributed by atoms with Crippen LogP contribution in [-0.2, 0) is 0 Å². The predicted molar refractivity (Wildman–Crippen MR) is 90.3 cm³/mol. The molecule has 0 bridgehead atoms. The summed E-state index contributed by atoms with van der Waals surface area (Å²) >= 11 is 0. The van der Waals surface area contributed by atoms with Crippen molar-refractivity contribution < 1.29 is 13.6 Å². The minimum absolute atomic E-state index is 0.415. The molecular formula is C18H16F2N4O. The van der Waals surface area contributed by atoms with Crippen LogP contribution >= 0.6 is 0 Å². The van der Waals surface area contributed by atoms with Gasteiger partial charge in [0.15, 0.2) is 0 Å². The molecule has 1 aliphatic rings. The van der Waals surface area contributed by atoms with E-state index in [0.29, 0.717) is 31.7 Å². The van der Waals surface area contributed by atoms with Gasteiger partial charge >= 0.3 is 6.03 Å². The molecule has 7 heteroatoms. The van der Waals surface area contributed by atoms with Crippen LogP contribution in [0, 0.1) is 23.0 Å². The Kier molecular flexibility index (Phi) is 4.80. The van der Waals surface area contributed by atoms with E-state index in [4.69, 9.17) is 5.26 Å². The highest BCUT2D eigenvalue weighted by molar-refractivity contribution is 5.89. The highest BCUT2D eigenvalue weighted by atomic mass is 19.1. The molecular weight excluding hydrogens is 326 g/mol. The molecule has 0 aromatic heterocycles. The SMILES string of the molecule is N#Cc1cccc(N2CCN(C(=O)Nc3c(F)cccc3F)CC2)c1. The third kappa shape index (κ3) is 3.69. The van der Waals surface area contributed by atoms with E-state index >= 15 is 0 Å². The maximum absolute atomic E-state index is 13.6. The largest absolute Gasteiger partial charge is 0.368 e. The normalized spacial score (nSPS) is 14.1. The van der Waals surface area contributed by atoms with Crippen LogP contribution in [0.15, 0.2) is 42.5 Å². The first kappa shape index (κ1) is 16.7. The van der Waals surface area contributed by atoms with Gasteiger partial charge in [-0.1, -0.05) is 12.1 Å². The fraction of sp³-hybridized carbons (Fsp3) is 0.222. The van der Waals surface area contributed by atoms with E-state index in [2.05, 4.69) is 16.3 Å². The van der Waals surface area contributed by atoms with E-state index < -0.39 is 23.4 Å². The summed E-state index contributed by atoms with van der Waals surface area (Å²) in [5.41, 5.74) is 1.06. The second kappa shape index (κ2) is 7.18. The number of para-hydroxylation sites is 1. The van der Waals surface area contributed by atoms with Gasteiger partial charge in [-0.15, -0.1) is 0 Å². The van der Waals surface area contributed by atoms with Gasteiger partial charge in [0.2, 0.25) is 0 Å². The van der Waals surface area contributed by atoms with Crippen LogP contribution in [0.1, 0.15) is 5.56 Å². The molecule has 0 radical (unpaired) electrons. The standard InChI is InChI=1S/C18H16F2N4O/c19-15-5-2-6-16(20)17(15)22-18(25)24-9-7-23(8-10-24)14-4-1-3-13(11-14)12-21/h1-6,11H,7-10H2,(H,22,25). The molecule has 0 spiro atoms. The van der Waals surface area contributed by atoms with Gasteiger partial charge in [-0.2, -0.15) is 5.26 Å². The number of nitrogens with zero attached hydrogens (tertiary/aromatic N) is 3. The lowest BCUT2D eigenvalue weighted by atomic mass is 10.2. The fourth-order valence-electron chi connectivity index (χ4n) is 2.74. The summed E-state index contributed by atoms with van der Waals surface area (Å²) < 4.78 is 27.2. The van der Waals surface area contributed by atoms with Crippen LogP contribution < -0.4 is 10.2 Å². The van der Waals surface area contributed by atoms with Crippen molar-refractivity contribution in [1.82, 2.24) is 4.90 Å². The fourth-order valence-corrected chi connectivity index (χ4v) is 2.74. The van der Waals surface area contributed by atoms with Crippen LogP contribution in [0.25, 0.3) is 0 Å². The molecule has 1 aliphatic heterocycles. The van der Waals surface area contributed by atoms with E-state index in [1.165, 1.54) is 11.0 Å². The first-order valence-electron chi connectivity index (χ1n) is 7.83. The quantitative estimate of drug-likeness (QED) is 0.912. The number of carbonyl (C=O) groups is 1. The van der Waals surface area contributed by atoms with E-state index in [1.54, 1.807) is 12.1 Å². The Morgan fingerprint density at radius 3 is 2.32 bits per heavy atom. The Hall–Kier alpha value is -3.14. The number of benzene rings is 2. The van der Waals surface area contributed by atoms with Crippen LogP contribution in [0.2, 0.25) is 0 Å². The molecule has 25 heavy (non-hydrogen) atoms. The van der Waals surface area contributed by atoms with Crippen LogP contribution in [0.5, 0.6) is 0 Å². The molecule has 2 amide bonds. The Balaban J connectivity index is 1.62. The molecule has 3 rings (SSSR count). The molecule has 5 nitrogen and oxygen atoms in total. The summed E-state index contributed by atoms with van der Waals surface area (Å²) in [5, 5.41) is 11.3. The number of hydrogen-bond acceptors (Lipinski definition) is 3. The first-order chi connectivity index (χ1) is 12.1. The summed E-state index contributed by atoms with van der Waals surface area (Å²) in [4.78, 5) is 15.8. The number of anilines is 2. The van der Waals surface area contributed by atoms with Gasteiger partial charge in [-0.3, -0.25) is 0 Å². The number of carbonyl (C=O) groups excluding carboxylic acids is 1. The Morgan fingerprint density at radius 1 is 1.04 bits per heavy atom.